The van der Waals surface area contributed by atoms with Gasteiger partial charge in [-0.1, -0.05) is 6.92 Å². The minimum absolute atomic E-state index is 0. The number of rotatable bonds is 6. The number of thioether (sulfide) groups is 1. The van der Waals surface area contributed by atoms with E-state index in [4.69, 9.17) is 10.5 Å². The molecule has 102 valence electrons. The van der Waals surface area contributed by atoms with Crippen molar-refractivity contribution in [3.8, 4) is 5.75 Å². The van der Waals surface area contributed by atoms with E-state index >= 15 is 0 Å². The van der Waals surface area contributed by atoms with Crippen molar-refractivity contribution < 1.29 is 9.53 Å². The van der Waals surface area contributed by atoms with Crippen molar-refractivity contribution in [2.45, 2.75) is 13.3 Å². The number of halogens is 1. The second-order valence-corrected chi connectivity index (χ2v) is 4.66. The fraction of sp³-hybridized carbons (Fsp3) is 0.417. The molecule has 0 bridgehead atoms. The Balaban J connectivity index is 0.00000289. The largest absolute Gasteiger partial charge is 0.497 e. The van der Waals surface area contributed by atoms with E-state index in [2.05, 4.69) is 12.2 Å². The summed E-state index contributed by atoms with van der Waals surface area (Å²) in [5, 5.41) is 2.78. The van der Waals surface area contributed by atoms with Gasteiger partial charge in [0.1, 0.15) is 5.75 Å². The summed E-state index contributed by atoms with van der Waals surface area (Å²) in [4.78, 5) is 11.6. The molecular formula is C12H19ClN2O2S. The van der Waals surface area contributed by atoms with Crippen LogP contribution in [0.25, 0.3) is 0 Å². The number of carbonyl (C=O) groups is 1. The molecule has 1 amide bonds. The summed E-state index contributed by atoms with van der Waals surface area (Å²) in [7, 11) is 1.58. The second-order valence-electron chi connectivity index (χ2n) is 3.55. The summed E-state index contributed by atoms with van der Waals surface area (Å²) in [5.74, 6) is 2.07. The number of methoxy groups -OCH3 is 1. The number of hydrogen-bond acceptors (Lipinski definition) is 4. The van der Waals surface area contributed by atoms with Gasteiger partial charge in [0.25, 0.3) is 0 Å². The smallest absolute Gasteiger partial charge is 0.234 e. The lowest BCUT2D eigenvalue weighted by Crippen LogP contribution is -2.15. The number of nitrogen functional groups attached to an aromatic ring is 1. The maximum Gasteiger partial charge on any atom is 0.234 e. The van der Waals surface area contributed by atoms with Crippen LogP contribution in [0.1, 0.15) is 13.3 Å². The number of nitrogens with two attached hydrogens (primary N) is 1. The van der Waals surface area contributed by atoms with Crippen molar-refractivity contribution in [2.75, 3.05) is 29.7 Å². The zero-order valence-corrected chi connectivity index (χ0v) is 12.2. The number of anilines is 2. The fourth-order valence-corrected chi connectivity index (χ4v) is 1.96. The van der Waals surface area contributed by atoms with Crippen LogP contribution in [0.3, 0.4) is 0 Å². The molecule has 1 aromatic rings. The molecule has 0 fully saturated rings. The SMILES string of the molecule is CCCSCC(=O)Nc1cc(OC)ccc1N.Cl. The van der Waals surface area contributed by atoms with Gasteiger partial charge in [0.15, 0.2) is 0 Å². The summed E-state index contributed by atoms with van der Waals surface area (Å²) >= 11 is 1.61. The number of ether oxygens (including phenoxy) is 1. The van der Waals surface area contributed by atoms with Crippen LogP contribution in [0.5, 0.6) is 5.75 Å². The summed E-state index contributed by atoms with van der Waals surface area (Å²) in [6, 6.07) is 5.20. The molecule has 0 saturated heterocycles. The van der Waals surface area contributed by atoms with Crippen LogP contribution in [0.15, 0.2) is 18.2 Å². The van der Waals surface area contributed by atoms with E-state index in [9.17, 15) is 4.79 Å². The maximum absolute atomic E-state index is 11.6. The first kappa shape index (κ1) is 16.9. The lowest BCUT2D eigenvalue weighted by atomic mass is 10.2. The highest BCUT2D eigenvalue weighted by Crippen LogP contribution is 2.24. The zero-order chi connectivity index (χ0) is 12.7. The van der Waals surface area contributed by atoms with E-state index in [1.54, 1.807) is 37.1 Å². The Morgan fingerprint density at radius 3 is 2.83 bits per heavy atom. The van der Waals surface area contributed by atoms with Crippen molar-refractivity contribution in [2.24, 2.45) is 0 Å². The van der Waals surface area contributed by atoms with Crippen LogP contribution in [0.4, 0.5) is 11.4 Å². The van der Waals surface area contributed by atoms with Gasteiger partial charge in [-0.05, 0) is 24.3 Å². The van der Waals surface area contributed by atoms with Gasteiger partial charge in [0.05, 0.1) is 24.2 Å². The Morgan fingerprint density at radius 2 is 2.22 bits per heavy atom. The molecule has 1 rings (SSSR count). The van der Waals surface area contributed by atoms with E-state index in [1.165, 1.54) is 0 Å². The molecule has 1 aromatic carbocycles. The molecule has 0 aliphatic carbocycles. The van der Waals surface area contributed by atoms with Crippen molar-refractivity contribution in [3.63, 3.8) is 0 Å². The molecule has 4 nitrogen and oxygen atoms in total. The van der Waals surface area contributed by atoms with E-state index in [0.29, 0.717) is 22.9 Å². The fourth-order valence-electron chi connectivity index (χ4n) is 1.27. The zero-order valence-electron chi connectivity index (χ0n) is 10.6. The van der Waals surface area contributed by atoms with Gasteiger partial charge < -0.3 is 15.8 Å². The molecule has 3 N–H and O–H groups in total. The van der Waals surface area contributed by atoms with Gasteiger partial charge in [-0.3, -0.25) is 4.79 Å². The lowest BCUT2D eigenvalue weighted by molar-refractivity contribution is -0.113. The third-order valence-corrected chi connectivity index (χ3v) is 3.28. The Kier molecular flexibility index (Phi) is 8.41. The van der Waals surface area contributed by atoms with E-state index in [1.807, 2.05) is 0 Å². The molecule has 0 aromatic heterocycles. The third kappa shape index (κ3) is 5.51. The van der Waals surface area contributed by atoms with Gasteiger partial charge in [-0.15, -0.1) is 12.4 Å². The molecule has 0 atom stereocenters. The molecule has 0 radical (unpaired) electrons. The minimum atomic E-state index is -0.0385. The summed E-state index contributed by atoms with van der Waals surface area (Å²) in [5.41, 5.74) is 6.91. The van der Waals surface area contributed by atoms with Crippen molar-refractivity contribution in [1.29, 1.82) is 0 Å². The number of amides is 1. The quantitative estimate of drug-likeness (QED) is 0.625. The summed E-state index contributed by atoms with van der Waals surface area (Å²) in [6.07, 6.45) is 1.07. The van der Waals surface area contributed by atoms with Gasteiger partial charge in [0.2, 0.25) is 5.91 Å². The first-order chi connectivity index (χ1) is 8.17. The molecule has 18 heavy (non-hydrogen) atoms. The van der Waals surface area contributed by atoms with Crippen molar-refractivity contribution in [1.82, 2.24) is 0 Å². The average Bonchev–Trinajstić information content (AvgIpc) is 2.32. The van der Waals surface area contributed by atoms with Crippen molar-refractivity contribution in [3.05, 3.63) is 18.2 Å². The second kappa shape index (κ2) is 8.94. The monoisotopic (exact) mass is 290 g/mol. The Bertz CT molecular complexity index is 388. The van der Waals surface area contributed by atoms with Gasteiger partial charge in [-0.25, -0.2) is 0 Å². The highest BCUT2D eigenvalue weighted by atomic mass is 35.5. The molecule has 0 heterocycles. The van der Waals surface area contributed by atoms with Gasteiger partial charge in [0, 0.05) is 6.07 Å². The lowest BCUT2D eigenvalue weighted by Gasteiger charge is -2.09. The van der Waals surface area contributed by atoms with Crippen LogP contribution < -0.4 is 15.8 Å². The molecule has 0 spiro atoms. The first-order valence-corrected chi connectivity index (χ1v) is 6.64. The maximum atomic E-state index is 11.6. The minimum Gasteiger partial charge on any atom is -0.497 e. The number of carbonyl (C=O) groups excluding carboxylic acids is 1. The molecular weight excluding hydrogens is 272 g/mol. The normalized spacial score (nSPS) is 9.44. The third-order valence-electron chi connectivity index (χ3n) is 2.12. The van der Waals surface area contributed by atoms with E-state index < -0.39 is 0 Å². The average molecular weight is 291 g/mol. The van der Waals surface area contributed by atoms with Crippen molar-refractivity contribution >= 4 is 41.5 Å². The predicted octanol–water partition coefficient (Wildman–Crippen LogP) is 2.78. The molecule has 0 saturated carbocycles. The first-order valence-electron chi connectivity index (χ1n) is 5.48. The van der Waals surface area contributed by atoms with E-state index in [0.717, 1.165) is 12.2 Å². The topological polar surface area (TPSA) is 64.3 Å². The Labute approximate surface area is 118 Å². The Morgan fingerprint density at radius 1 is 1.50 bits per heavy atom. The van der Waals surface area contributed by atoms with Gasteiger partial charge >= 0.3 is 0 Å². The summed E-state index contributed by atoms with van der Waals surface area (Å²) < 4.78 is 5.08. The standard InChI is InChI=1S/C12H18N2O2S.ClH/c1-3-6-17-8-12(15)14-11-7-9(16-2)4-5-10(11)13;/h4-5,7H,3,6,8,13H2,1-2H3,(H,14,15);1H. The van der Waals surface area contributed by atoms with Crippen LogP contribution in [-0.4, -0.2) is 24.5 Å². The van der Waals surface area contributed by atoms with Crippen LogP contribution in [0, 0.1) is 0 Å². The summed E-state index contributed by atoms with van der Waals surface area (Å²) in [6.45, 7) is 2.09. The van der Waals surface area contributed by atoms with E-state index in [-0.39, 0.29) is 18.3 Å². The molecule has 0 aliphatic rings. The highest BCUT2D eigenvalue weighted by Gasteiger charge is 2.06. The number of nitrogens with one attached hydrogen (secondary N) is 1. The Hall–Kier alpha value is -1.07. The highest BCUT2D eigenvalue weighted by molar-refractivity contribution is 7.99. The number of benzene rings is 1. The van der Waals surface area contributed by atoms with Gasteiger partial charge in [-0.2, -0.15) is 11.8 Å². The van der Waals surface area contributed by atoms with Crippen LogP contribution in [0.2, 0.25) is 0 Å². The van der Waals surface area contributed by atoms with Crippen LogP contribution in [-0.2, 0) is 4.79 Å². The number of hydrogen-bond donors (Lipinski definition) is 2. The molecule has 0 unspecified atom stereocenters. The van der Waals surface area contributed by atoms with Crippen LogP contribution >= 0.6 is 24.2 Å². The molecule has 0 aliphatic heterocycles. The molecule has 6 heteroatoms. The predicted molar refractivity (Wildman–Crippen MR) is 80.9 cm³/mol.